The number of H-pyrrole nitrogens is 2. The van der Waals surface area contributed by atoms with Crippen molar-refractivity contribution in [3.05, 3.63) is 49.1 Å². The fraction of sp³-hybridized carbons (Fsp3) is 0.296. The molecule has 186 valence electrons. The smallest absolute Gasteiger partial charge is 0.227 e. The van der Waals surface area contributed by atoms with Gasteiger partial charge in [-0.05, 0) is 44.2 Å². The van der Waals surface area contributed by atoms with Crippen molar-refractivity contribution in [2.24, 2.45) is 5.92 Å². The number of amides is 1. The fourth-order valence-electron chi connectivity index (χ4n) is 4.96. The summed E-state index contributed by atoms with van der Waals surface area (Å²) in [6.07, 6.45) is 9.05. The Kier molecular flexibility index (Phi) is 5.14. The normalized spacial score (nSPS) is 16.5. The van der Waals surface area contributed by atoms with E-state index in [9.17, 15) is 4.79 Å². The summed E-state index contributed by atoms with van der Waals surface area (Å²) in [5, 5.41) is 12.6. The zero-order valence-electron chi connectivity index (χ0n) is 20.5. The molecule has 10 nitrogen and oxygen atoms in total. The van der Waals surface area contributed by atoms with Gasteiger partial charge in [0.1, 0.15) is 11.5 Å². The van der Waals surface area contributed by atoms with Crippen LogP contribution >= 0.6 is 0 Å². The number of fused-ring (bicyclic) bond motifs is 2. The number of hydrogen-bond donors (Lipinski definition) is 3. The Balaban J connectivity index is 1.24. The zero-order chi connectivity index (χ0) is 24.9. The summed E-state index contributed by atoms with van der Waals surface area (Å²) in [5.41, 5.74) is 5.93. The molecule has 0 radical (unpaired) electrons. The van der Waals surface area contributed by atoms with Crippen molar-refractivity contribution in [3.63, 3.8) is 0 Å². The van der Waals surface area contributed by atoms with Gasteiger partial charge in [0.15, 0.2) is 5.65 Å². The molecule has 10 heteroatoms. The molecule has 0 aromatic carbocycles. The lowest BCUT2D eigenvalue weighted by Gasteiger charge is -2.33. The van der Waals surface area contributed by atoms with Crippen molar-refractivity contribution in [2.75, 3.05) is 43.4 Å². The van der Waals surface area contributed by atoms with Gasteiger partial charge in [-0.3, -0.25) is 14.9 Å². The summed E-state index contributed by atoms with van der Waals surface area (Å²) >= 11 is 0. The van der Waals surface area contributed by atoms with Gasteiger partial charge in [0, 0.05) is 72.6 Å². The molecule has 7 rings (SSSR count). The molecule has 0 unspecified atom stereocenters. The molecule has 1 amide bonds. The number of aromatic nitrogens is 6. The number of anilines is 2. The third kappa shape index (κ3) is 4.09. The summed E-state index contributed by atoms with van der Waals surface area (Å²) in [5.74, 6) is 1.20. The van der Waals surface area contributed by atoms with Crippen LogP contribution in [0.15, 0.2) is 49.1 Å². The first-order valence-corrected chi connectivity index (χ1v) is 12.6. The van der Waals surface area contributed by atoms with Crippen LogP contribution in [0.1, 0.15) is 12.8 Å². The van der Waals surface area contributed by atoms with E-state index < -0.39 is 0 Å². The number of pyridine rings is 3. The van der Waals surface area contributed by atoms with Crippen LogP contribution in [0.3, 0.4) is 0 Å². The molecule has 0 bridgehead atoms. The molecule has 0 atom stereocenters. The first kappa shape index (κ1) is 21.9. The van der Waals surface area contributed by atoms with Crippen LogP contribution < -0.4 is 10.2 Å². The van der Waals surface area contributed by atoms with E-state index in [1.807, 2.05) is 18.3 Å². The van der Waals surface area contributed by atoms with Gasteiger partial charge in [-0.1, -0.05) is 0 Å². The predicted octanol–water partition coefficient (Wildman–Crippen LogP) is 3.66. The Morgan fingerprint density at radius 1 is 1.00 bits per heavy atom. The molecule has 2 fully saturated rings. The average Bonchev–Trinajstić information content (AvgIpc) is 3.55. The Hall–Kier alpha value is -4.31. The lowest BCUT2D eigenvalue weighted by atomic mass is 10.1. The van der Waals surface area contributed by atoms with Crippen LogP contribution in [-0.4, -0.2) is 74.2 Å². The van der Waals surface area contributed by atoms with Gasteiger partial charge in [0.25, 0.3) is 0 Å². The molecule has 3 N–H and O–H groups in total. The van der Waals surface area contributed by atoms with E-state index in [1.54, 1.807) is 18.6 Å². The minimum Gasteiger partial charge on any atom is -0.353 e. The molecule has 0 spiro atoms. The summed E-state index contributed by atoms with van der Waals surface area (Å²) < 4.78 is 0. The van der Waals surface area contributed by atoms with E-state index in [-0.39, 0.29) is 11.8 Å². The Labute approximate surface area is 213 Å². The topological polar surface area (TPSA) is 119 Å². The number of nitrogens with zero attached hydrogens (tertiary/aromatic N) is 6. The average molecular weight is 494 g/mol. The molecule has 5 aromatic rings. The van der Waals surface area contributed by atoms with E-state index in [2.05, 4.69) is 59.4 Å². The second-order valence-electron chi connectivity index (χ2n) is 9.99. The van der Waals surface area contributed by atoms with Crippen LogP contribution in [0, 0.1) is 5.92 Å². The minimum absolute atomic E-state index is 0.0638. The number of nitrogens with one attached hydrogen (secondary N) is 3. The highest BCUT2D eigenvalue weighted by molar-refractivity contribution is 5.99. The van der Waals surface area contributed by atoms with Crippen molar-refractivity contribution in [2.45, 2.75) is 12.8 Å². The summed E-state index contributed by atoms with van der Waals surface area (Å²) in [6, 6.07) is 8.14. The van der Waals surface area contributed by atoms with Gasteiger partial charge in [-0.25, -0.2) is 9.97 Å². The number of piperazine rings is 1. The van der Waals surface area contributed by atoms with Crippen molar-refractivity contribution < 1.29 is 4.79 Å². The molecule has 2 aliphatic rings. The maximum atomic E-state index is 12.2. The lowest BCUT2D eigenvalue weighted by Crippen LogP contribution is -2.44. The van der Waals surface area contributed by atoms with E-state index >= 15 is 0 Å². The first-order valence-electron chi connectivity index (χ1n) is 12.6. The number of carbonyl (C=O) groups is 1. The number of likely N-dealkylation sites (N-methyl/N-ethyl adjacent to an activating group) is 1. The SMILES string of the molecule is CN1CCN(c2nccc3[nH]c(-c4n[nH]c5ncc(-c6cncc(NC(=O)C7CC7)c6)cc45)cc23)CC1. The van der Waals surface area contributed by atoms with E-state index in [0.29, 0.717) is 11.3 Å². The second kappa shape index (κ2) is 8.67. The zero-order valence-corrected chi connectivity index (χ0v) is 20.5. The molecule has 1 saturated carbocycles. The highest BCUT2D eigenvalue weighted by atomic mass is 16.2. The van der Waals surface area contributed by atoms with Crippen molar-refractivity contribution in [1.82, 2.24) is 35.0 Å². The summed E-state index contributed by atoms with van der Waals surface area (Å²) in [6.45, 7) is 3.95. The molecule has 6 heterocycles. The maximum absolute atomic E-state index is 12.2. The third-order valence-corrected chi connectivity index (χ3v) is 7.29. The Bertz CT molecular complexity index is 1630. The largest absolute Gasteiger partial charge is 0.353 e. The number of rotatable bonds is 5. The molecule has 1 aliphatic heterocycles. The Morgan fingerprint density at radius 3 is 2.68 bits per heavy atom. The molecular weight excluding hydrogens is 466 g/mol. The second-order valence-corrected chi connectivity index (χ2v) is 9.99. The van der Waals surface area contributed by atoms with E-state index in [0.717, 1.165) is 83.6 Å². The van der Waals surface area contributed by atoms with Gasteiger partial charge < -0.3 is 20.1 Å². The fourth-order valence-corrected chi connectivity index (χ4v) is 4.96. The van der Waals surface area contributed by atoms with Crippen LogP contribution in [0.5, 0.6) is 0 Å². The van der Waals surface area contributed by atoms with Gasteiger partial charge in [0.05, 0.1) is 23.1 Å². The van der Waals surface area contributed by atoms with Crippen LogP contribution in [0.2, 0.25) is 0 Å². The van der Waals surface area contributed by atoms with Crippen LogP contribution in [-0.2, 0) is 4.79 Å². The van der Waals surface area contributed by atoms with Gasteiger partial charge >= 0.3 is 0 Å². The van der Waals surface area contributed by atoms with Gasteiger partial charge in [0.2, 0.25) is 5.91 Å². The predicted molar refractivity (Wildman–Crippen MR) is 143 cm³/mol. The highest BCUT2D eigenvalue weighted by Crippen LogP contribution is 2.34. The number of hydrogen-bond acceptors (Lipinski definition) is 7. The van der Waals surface area contributed by atoms with Crippen LogP contribution in [0.25, 0.3) is 44.5 Å². The molecule has 1 saturated heterocycles. The molecular formula is C27H27N9O. The van der Waals surface area contributed by atoms with E-state index in [4.69, 9.17) is 4.98 Å². The molecule has 5 aromatic heterocycles. The molecule has 1 aliphatic carbocycles. The summed E-state index contributed by atoms with van der Waals surface area (Å²) in [4.78, 5) is 34.1. The lowest BCUT2D eigenvalue weighted by molar-refractivity contribution is -0.117. The van der Waals surface area contributed by atoms with Crippen molar-refractivity contribution in [3.8, 4) is 22.5 Å². The van der Waals surface area contributed by atoms with Gasteiger partial charge in [-0.2, -0.15) is 5.10 Å². The first-order chi connectivity index (χ1) is 18.1. The van der Waals surface area contributed by atoms with E-state index in [1.165, 1.54) is 0 Å². The minimum atomic E-state index is 0.0638. The van der Waals surface area contributed by atoms with Crippen molar-refractivity contribution >= 4 is 39.3 Å². The standard InChI is InChI=1S/C27H27N9O/c1-35-6-8-36(9-7-35)26-20-12-23(32-22(20)4-5-29-26)24-21-11-18(14-30-25(21)34-33-24)17-10-19(15-28-13-17)31-27(37)16-2-3-16/h4-5,10-16,32H,2-3,6-9H2,1H3,(H,31,37)(H,30,33,34). The summed E-state index contributed by atoms with van der Waals surface area (Å²) in [7, 11) is 2.15. The highest BCUT2D eigenvalue weighted by Gasteiger charge is 2.29. The Morgan fingerprint density at radius 2 is 1.84 bits per heavy atom. The quantitative estimate of drug-likeness (QED) is 0.342. The molecule has 37 heavy (non-hydrogen) atoms. The van der Waals surface area contributed by atoms with Crippen LogP contribution in [0.4, 0.5) is 11.5 Å². The van der Waals surface area contributed by atoms with Crippen molar-refractivity contribution in [1.29, 1.82) is 0 Å². The number of carbonyl (C=O) groups excluding carboxylic acids is 1. The third-order valence-electron chi connectivity index (χ3n) is 7.29. The number of aromatic amines is 2. The maximum Gasteiger partial charge on any atom is 0.227 e. The monoisotopic (exact) mass is 493 g/mol. The van der Waals surface area contributed by atoms with Gasteiger partial charge in [-0.15, -0.1) is 0 Å².